The van der Waals surface area contributed by atoms with Crippen LogP contribution in [0.3, 0.4) is 0 Å². The predicted molar refractivity (Wildman–Crippen MR) is 62.4 cm³/mol. The lowest BCUT2D eigenvalue weighted by molar-refractivity contribution is 0.898. The van der Waals surface area contributed by atoms with E-state index in [1.54, 1.807) is 18.0 Å². The topological polar surface area (TPSA) is 28.7 Å². The normalized spacial score (nSPS) is 10.3. The molecule has 1 N–H and O–H groups in total. The van der Waals surface area contributed by atoms with Crippen molar-refractivity contribution in [1.82, 2.24) is 9.97 Å². The Bertz CT molecular complexity index is 281. The highest BCUT2D eigenvalue weighted by molar-refractivity contribution is 8.23. The zero-order valence-electron chi connectivity index (χ0n) is 7.96. The molecular weight excluding hydrogens is 200 g/mol. The van der Waals surface area contributed by atoms with Gasteiger partial charge in [0.25, 0.3) is 0 Å². The fourth-order valence-corrected chi connectivity index (χ4v) is 2.14. The summed E-state index contributed by atoms with van der Waals surface area (Å²) < 4.78 is 0.925. The average Bonchev–Trinajstić information content (AvgIpc) is 2.52. The predicted octanol–water partition coefficient (Wildman–Crippen LogP) is 2.93. The number of nitrogens with one attached hydrogen (secondary N) is 1. The molecule has 0 spiro atoms. The number of aromatic amines is 1. The van der Waals surface area contributed by atoms with Crippen LogP contribution in [0.1, 0.15) is 31.3 Å². The van der Waals surface area contributed by atoms with Gasteiger partial charge < -0.3 is 4.98 Å². The summed E-state index contributed by atoms with van der Waals surface area (Å²) in [6.07, 6.45) is 4.24. The molecule has 0 fully saturated rings. The molecule has 0 aliphatic heterocycles. The lowest BCUT2D eigenvalue weighted by Crippen LogP contribution is -1.93. The van der Waals surface area contributed by atoms with Crippen molar-refractivity contribution in [3.05, 3.63) is 17.7 Å². The highest BCUT2D eigenvalue weighted by Crippen LogP contribution is 2.13. The summed E-state index contributed by atoms with van der Waals surface area (Å²) >= 11 is 6.97. The van der Waals surface area contributed by atoms with E-state index >= 15 is 0 Å². The van der Waals surface area contributed by atoms with Crippen LogP contribution in [0.2, 0.25) is 0 Å². The van der Waals surface area contributed by atoms with Crippen LogP contribution in [0, 0.1) is 6.92 Å². The van der Waals surface area contributed by atoms with Crippen LogP contribution < -0.4 is 0 Å². The first-order chi connectivity index (χ1) is 6.24. The first-order valence-corrected chi connectivity index (χ1v) is 5.82. The molecule has 4 heteroatoms. The maximum atomic E-state index is 5.24. The lowest BCUT2D eigenvalue weighted by atomic mass is 10.4. The second-order valence-electron chi connectivity index (χ2n) is 2.87. The van der Waals surface area contributed by atoms with Gasteiger partial charge in [0.1, 0.15) is 5.82 Å². The summed E-state index contributed by atoms with van der Waals surface area (Å²) in [6, 6.07) is 0. The van der Waals surface area contributed by atoms with Gasteiger partial charge >= 0.3 is 0 Å². The number of aromatic nitrogens is 2. The Kier molecular flexibility index (Phi) is 4.45. The third-order valence-corrected chi connectivity index (χ3v) is 3.20. The Hall–Kier alpha value is -0.350. The van der Waals surface area contributed by atoms with Crippen molar-refractivity contribution in [2.75, 3.05) is 5.75 Å². The highest BCUT2D eigenvalue weighted by Gasteiger charge is 2.03. The number of aryl methyl sites for hydroxylation is 1. The average molecular weight is 214 g/mol. The molecule has 0 saturated heterocycles. The molecule has 1 rings (SSSR count). The summed E-state index contributed by atoms with van der Waals surface area (Å²) in [6.45, 7) is 4.12. The fourth-order valence-electron chi connectivity index (χ4n) is 0.912. The van der Waals surface area contributed by atoms with Gasteiger partial charge in [-0.1, -0.05) is 25.6 Å². The molecule has 0 amide bonds. The highest BCUT2D eigenvalue weighted by atomic mass is 32.2. The Morgan fingerprint density at radius 2 is 2.46 bits per heavy atom. The van der Waals surface area contributed by atoms with Gasteiger partial charge in [0.05, 0.1) is 16.1 Å². The molecule has 0 bridgehead atoms. The largest absolute Gasteiger partial charge is 0.341 e. The number of nitrogens with zero attached hydrogens (tertiary/aromatic N) is 1. The van der Waals surface area contributed by atoms with Crippen molar-refractivity contribution in [1.29, 1.82) is 0 Å². The van der Waals surface area contributed by atoms with Crippen molar-refractivity contribution in [2.45, 2.75) is 26.7 Å². The lowest BCUT2D eigenvalue weighted by Gasteiger charge is -1.98. The molecule has 1 heterocycles. The summed E-state index contributed by atoms with van der Waals surface area (Å²) in [5.41, 5.74) is 0.980. The number of H-pyrrole nitrogens is 1. The van der Waals surface area contributed by atoms with E-state index in [0.29, 0.717) is 0 Å². The van der Waals surface area contributed by atoms with Gasteiger partial charge in [-0.15, -0.1) is 11.8 Å². The molecular formula is C9H14N2S2. The SMILES string of the molecule is CCCCSC(=S)c1cnc(C)[nH]1. The third-order valence-electron chi connectivity index (χ3n) is 1.65. The van der Waals surface area contributed by atoms with E-state index in [2.05, 4.69) is 16.9 Å². The standard InChI is InChI=1S/C9H14N2S2/c1-3-4-5-13-9(12)8-6-10-7(2)11-8/h6H,3-5H2,1-2H3,(H,10,11). The fraction of sp³-hybridized carbons (Fsp3) is 0.556. The van der Waals surface area contributed by atoms with E-state index in [1.165, 1.54) is 12.8 Å². The molecule has 72 valence electrons. The molecule has 0 aliphatic carbocycles. The minimum Gasteiger partial charge on any atom is -0.341 e. The zero-order valence-corrected chi connectivity index (χ0v) is 9.60. The van der Waals surface area contributed by atoms with Gasteiger partial charge in [0.2, 0.25) is 0 Å². The quantitative estimate of drug-likeness (QED) is 0.617. The number of hydrogen-bond donors (Lipinski definition) is 1. The number of imidazole rings is 1. The Morgan fingerprint density at radius 3 is 3.00 bits per heavy atom. The van der Waals surface area contributed by atoms with Crippen molar-refractivity contribution in [3.63, 3.8) is 0 Å². The van der Waals surface area contributed by atoms with Crippen LogP contribution in [0.4, 0.5) is 0 Å². The van der Waals surface area contributed by atoms with E-state index in [9.17, 15) is 0 Å². The second-order valence-corrected chi connectivity index (χ2v) is 4.64. The molecule has 0 atom stereocenters. The van der Waals surface area contributed by atoms with Gasteiger partial charge in [-0.25, -0.2) is 4.98 Å². The minimum atomic E-state index is 0.924. The number of thioether (sulfide) groups is 1. The van der Waals surface area contributed by atoms with Gasteiger partial charge in [0, 0.05) is 0 Å². The van der Waals surface area contributed by atoms with Gasteiger partial charge in [0.15, 0.2) is 0 Å². The van der Waals surface area contributed by atoms with Crippen LogP contribution in [-0.4, -0.2) is 19.9 Å². The molecule has 0 aromatic carbocycles. The number of unbranched alkanes of at least 4 members (excludes halogenated alkanes) is 1. The number of hydrogen-bond acceptors (Lipinski definition) is 3. The van der Waals surface area contributed by atoms with Crippen LogP contribution in [0.15, 0.2) is 6.20 Å². The van der Waals surface area contributed by atoms with Crippen molar-refractivity contribution < 1.29 is 0 Å². The molecule has 0 saturated carbocycles. The first kappa shape index (κ1) is 10.7. The first-order valence-electron chi connectivity index (χ1n) is 4.42. The van der Waals surface area contributed by atoms with Crippen molar-refractivity contribution >= 4 is 28.2 Å². The van der Waals surface area contributed by atoms with E-state index < -0.39 is 0 Å². The van der Waals surface area contributed by atoms with Crippen LogP contribution >= 0.6 is 24.0 Å². The van der Waals surface area contributed by atoms with Gasteiger partial charge in [-0.2, -0.15) is 0 Å². The molecule has 0 unspecified atom stereocenters. The molecule has 0 radical (unpaired) electrons. The van der Waals surface area contributed by atoms with Crippen LogP contribution in [0.5, 0.6) is 0 Å². The third kappa shape index (κ3) is 3.48. The Morgan fingerprint density at radius 1 is 1.69 bits per heavy atom. The Labute approximate surface area is 88.5 Å². The van der Waals surface area contributed by atoms with E-state index in [1.807, 2.05) is 6.92 Å². The van der Waals surface area contributed by atoms with E-state index in [-0.39, 0.29) is 0 Å². The minimum absolute atomic E-state index is 0.924. The monoisotopic (exact) mass is 214 g/mol. The summed E-state index contributed by atoms with van der Waals surface area (Å²) in [5, 5.41) is 0. The number of thiocarbonyl (C=S) groups is 1. The van der Waals surface area contributed by atoms with Crippen molar-refractivity contribution in [3.8, 4) is 0 Å². The van der Waals surface area contributed by atoms with Crippen LogP contribution in [0.25, 0.3) is 0 Å². The Balaban J connectivity index is 2.40. The molecule has 13 heavy (non-hydrogen) atoms. The molecule has 0 aliphatic rings. The van der Waals surface area contributed by atoms with Gasteiger partial charge in [-0.05, 0) is 19.1 Å². The van der Waals surface area contributed by atoms with Crippen molar-refractivity contribution in [2.24, 2.45) is 0 Å². The summed E-state index contributed by atoms with van der Waals surface area (Å²) in [4.78, 5) is 7.24. The maximum Gasteiger partial charge on any atom is 0.103 e. The summed E-state index contributed by atoms with van der Waals surface area (Å²) in [7, 11) is 0. The number of rotatable bonds is 4. The van der Waals surface area contributed by atoms with Gasteiger partial charge in [-0.3, -0.25) is 0 Å². The molecule has 2 nitrogen and oxygen atoms in total. The maximum absolute atomic E-state index is 5.24. The molecule has 1 aromatic rings. The van der Waals surface area contributed by atoms with Crippen LogP contribution in [-0.2, 0) is 0 Å². The van der Waals surface area contributed by atoms with E-state index in [4.69, 9.17) is 12.2 Å². The van der Waals surface area contributed by atoms with E-state index in [0.717, 1.165) is 21.5 Å². The second kappa shape index (κ2) is 5.40. The summed E-state index contributed by atoms with van der Waals surface area (Å²) in [5.74, 6) is 2.03. The zero-order chi connectivity index (χ0) is 9.68. The smallest absolute Gasteiger partial charge is 0.103 e. The molecule has 1 aromatic heterocycles.